The van der Waals surface area contributed by atoms with E-state index in [1.54, 1.807) is 37.3 Å². The van der Waals surface area contributed by atoms with Crippen molar-refractivity contribution in [3.63, 3.8) is 0 Å². The minimum absolute atomic E-state index is 0.0336. The molecule has 0 atom stereocenters. The second-order valence-electron chi connectivity index (χ2n) is 5.31. The van der Waals surface area contributed by atoms with Crippen LogP contribution in [-0.2, 0) is 4.79 Å². The Morgan fingerprint density at radius 3 is 2.62 bits per heavy atom. The van der Waals surface area contributed by atoms with E-state index in [4.69, 9.17) is 9.47 Å². The van der Waals surface area contributed by atoms with Gasteiger partial charge in [0.25, 0.3) is 5.91 Å². The van der Waals surface area contributed by atoms with Gasteiger partial charge in [-0.05, 0) is 55.3 Å². The Bertz CT molecular complexity index is 803. The Hall–Kier alpha value is -3.42. The smallest absolute Gasteiger partial charge is 0.311 e. The Balaban J connectivity index is 1.86. The van der Waals surface area contributed by atoms with Gasteiger partial charge in [-0.1, -0.05) is 6.07 Å². The molecular formula is C18H19N3O5. The molecule has 8 heteroatoms. The Kier molecular flexibility index (Phi) is 6.67. The molecular weight excluding hydrogens is 338 g/mol. The van der Waals surface area contributed by atoms with Gasteiger partial charge in [0.15, 0.2) is 12.4 Å². The van der Waals surface area contributed by atoms with Crippen LogP contribution in [0.15, 0.2) is 47.6 Å². The van der Waals surface area contributed by atoms with Gasteiger partial charge in [0.2, 0.25) is 0 Å². The van der Waals surface area contributed by atoms with E-state index >= 15 is 0 Å². The van der Waals surface area contributed by atoms with E-state index in [1.807, 2.05) is 6.92 Å². The standard InChI is InChI=1S/C18H19N3O5/c1-3-25-15-7-5-14(6-8-15)11-19-20-18(22)12-26-17-9-4-13(2)10-16(17)21(23)24/h4-11H,3,12H2,1-2H3,(H,20,22)/b19-11-. The van der Waals surface area contributed by atoms with Gasteiger partial charge in [-0.15, -0.1) is 0 Å². The molecule has 0 fully saturated rings. The summed E-state index contributed by atoms with van der Waals surface area (Å²) in [7, 11) is 0. The van der Waals surface area contributed by atoms with Gasteiger partial charge in [-0.3, -0.25) is 14.9 Å². The number of hydrazone groups is 1. The topological polar surface area (TPSA) is 103 Å². The largest absolute Gasteiger partial charge is 0.494 e. The number of carbonyl (C=O) groups excluding carboxylic acids is 1. The molecule has 0 spiro atoms. The lowest BCUT2D eigenvalue weighted by molar-refractivity contribution is -0.385. The average molecular weight is 357 g/mol. The van der Waals surface area contributed by atoms with Gasteiger partial charge in [0.1, 0.15) is 5.75 Å². The lowest BCUT2D eigenvalue weighted by Crippen LogP contribution is -2.24. The van der Waals surface area contributed by atoms with Crippen LogP contribution in [0.25, 0.3) is 0 Å². The highest BCUT2D eigenvalue weighted by Gasteiger charge is 2.16. The quantitative estimate of drug-likeness (QED) is 0.444. The van der Waals surface area contributed by atoms with Gasteiger partial charge < -0.3 is 9.47 Å². The number of carbonyl (C=O) groups is 1. The second kappa shape index (κ2) is 9.16. The molecule has 0 aliphatic rings. The average Bonchev–Trinajstić information content (AvgIpc) is 2.62. The van der Waals surface area contributed by atoms with Crippen molar-refractivity contribution in [2.45, 2.75) is 13.8 Å². The fourth-order valence-electron chi connectivity index (χ4n) is 2.06. The third-order valence-electron chi connectivity index (χ3n) is 3.26. The van der Waals surface area contributed by atoms with E-state index in [0.29, 0.717) is 6.61 Å². The van der Waals surface area contributed by atoms with Gasteiger partial charge in [-0.25, -0.2) is 5.43 Å². The lowest BCUT2D eigenvalue weighted by atomic mass is 10.2. The molecule has 26 heavy (non-hydrogen) atoms. The lowest BCUT2D eigenvalue weighted by Gasteiger charge is -2.06. The Labute approximate surface area is 150 Å². The van der Waals surface area contributed by atoms with Crippen LogP contribution in [0.1, 0.15) is 18.1 Å². The van der Waals surface area contributed by atoms with Crippen LogP contribution in [0.2, 0.25) is 0 Å². The number of hydrogen-bond acceptors (Lipinski definition) is 6. The summed E-state index contributed by atoms with van der Waals surface area (Å²) in [5.41, 5.74) is 3.63. The maximum Gasteiger partial charge on any atom is 0.311 e. The zero-order valence-electron chi connectivity index (χ0n) is 14.5. The molecule has 0 heterocycles. The molecule has 0 saturated heterocycles. The van der Waals surface area contributed by atoms with Crippen LogP contribution in [0.5, 0.6) is 11.5 Å². The summed E-state index contributed by atoms with van der Waals surface area (Å²) >= 11 is 0. The number of rotatable bonds is 8. The molecule has 8 nitrogen and oxygen atoms in total. The minimum Gasteiger partial charge on any atom is -0.494 e. The van der Waals surface area contributed by atoms with Crippen molar-refractivity contribution in [3.05, 3.63) is 63.7 Å². The first-order valence-corrected chi connectivity index (χ1v) is 7.92. The van der Waals surface area contributed by atoms with E-state index in [9.17, 15) is 14.9 Å². The number of aryl methyl sites for hydroxylation is 1. The molecule has 0 aliphatic heterocycles. The number of benzene rings is 2. The summed E-state index contributed by atoms with van der Waals surface area (Å²) in [6, 6.07) is 11.7. The zero-order valence-corrected chi connectivity index (χ0v) is 14.5. The molecule has 2 rings (SSSR count). The van der Waals surface area contributed by atoms with Crippen LogP contribution < -0.4 is 14.9 Å². The molecule has 2 aromatic carbocycles. The van der Waals surface area contributed by atoms with E-state index in [1.165, 1.54) is 18.3 Å². The SMILES string of the molecule is CCOc1ccc(/C=N\NC(=O)COc2ccc(C)cc2[N+](=O)[O-])cc1. The predicted molar refractivity (Wildman–Crippen MR) is 96.7 cm³/mol. The molecule has 0 saturated carbocycles. The van der Waals surface area contributed by atoms with Crippen molar-refractivity contribution in [2.75, 3.05) is 13.2 Å². The van der Waals surface area contributed by atoms with E-state index in [0.717, 1.165) is 16.9 Å². The number of nitro groups is 1. The van der Waals surface area contributed by atoms with Gasteiger partial charge in [0, 0.05) is 6.07 Å². The number of nitro benzene ring substituents is 1. The monoisotopic (exact) mass is 357 g/mol. The maximum atomic E-state index is 11.8. The first-order valence-electron chi connectivity index (χ1n) is 7.92. The summed E-state index contributed by atoms with van der Waals surface area (Å²) in [6.07, 6.45) is 1.47. The number of ether oxygens (including phenoxy) is 2. The van der Waals surface area contributed by atoms with E-state index in [-0.39, 0.29) is 18.0 Å². The van der Waals surface area contributed by atoms with Crippen LogP contribution in [0, 0.1) is 17.0 Å². The van der Waals surface area contributed by atoms with E-state index in [2.05, 4.69) is 10.5 Å². The summed E-state index contributed by atoms with van der Waals surface area (Å²) in [5, 5.41) is 14.8. The molecule has 0 radical (unpaired) electrons. The van der Waals surface area contributed by atoms with Crippen molar-refractivity contribution >= 4 is 17.8 Å². The predicted octanol–water partition coefficient (Wildman–Crippen LogP) is 2.83. The molecule has 136 valence electrons. The van der Waals surface area contributed by atoms with Crippen LogP contribution in [0.4, 0.5) is 5.69 Å². The Morgan fingerprint density at radius 2 is 1.96 bits per heavy atom. The summed E-state index contributed by atoms with van der Waals surface area (Å²) < 4.78 is 10.5. The highest BCUT2D eigenvalue weighted by atomic mass is 16.6. The number of amides is 1. The summed E-state index contributed by atoms with van der Waals surface area (Å²) in [6.45, 7) is 3.84. The van der Waals surface area contributed by atoms with Crippen LogP contribution in [-0.4, -0.2) is 30.3 Å². The molecule has 1 amide bonds. The number of hydrogen-bond donors (Lipinski definition) is 1. The van der Waals surface area contributed by atoms with Gasteiger partial charge in [0.05, 0.1) is 17.7 Å². The summed E-state index contributed by atoms with van der Waals surface area (Å²) in [5.74, 6) is 0.259. The molecule has 0 aromatic heterocycles. The third-order valence-corrected chi connectivity index (χ3v) is 3.26. The first-order chi connectivity index (χ1) is 12.5. The second-order valence-corrected chi connectivity index (χ2v) is 5.31. The number of nitrogens with one attached hydrogen (secondary N) is 1. The highest BCUT2D eigenvalue weighted by Crippen LogP contribution is 2.27. The zero-order chi connectivity index (χ0) is 18.9. The van der Waals surface area contributed by atoms with Crippen molar-refractivity contribution < 1.29 is 19.2 Å². The van der Waals surface area contributed by atoms with Gasteiger partial charge in [-0.2, -0.15) is 5.10 Å². The maximum absolute atomic E-state index is 11.8. The van der Waals surface area contributed by atoms with Gasteiger partial charge >= 0.3 is 5.69 Å². The van der Waals surface area contributed by atoms with Crippen molar-refractivity contribution in [1.29, 1.82) is 0 Å². The first kappa shape index (κ1) is 18.9. The normalized spacial score (nSPS) is 10.5. The van der Waals surface area contributed by atoms with E-state index < -0.39 is 10.8 Å². The van der Waals surface area contributed by atoms with Crippen LogP contribution in [0.3, 0.4) is 0 Å². The van der Waals surface area contributed by atoms with Crippen molar-refractivity contribution in [2.24, 2.45) is 5.10 Å². The fraction of sp³-hybridized carbons (Fsp3) is 0.222. The number of nitrogens with zero attached hydrogens (tertiary/aromatic N) is 2. The fourth-order valence-corrected chi connectivity index (χ4v) is 2.06. The molecule has 0 unspecified atom stereocenters. The molecule has 2 aromatic rings. The van der Waals surface area contributed by atoms with Crippen molar-refractivity contribution in [3.8, 4) is 11.5 Å². The minimum atomic E-state index is -0.551. The molecule has 0 bridgehead atoms. The molecule has 1 N–H and O–H groups in total. The van der Waals surface area contributed by atoms with Crippen LogP contribution >= 0.6 is 0 Å². The highest BCUT2D eigenvalue weighted by molar-refractivity contribution is 5.83. The summed E-state index contributed by atoms with van der Waals surface area (Å²) in [4.78, 5) is 22.2. The molecule has 0 aliphatic carbocycles. The van der Waals surface area contributed by atoms with Crippen molar-refractivity contribution in [1.82, 2.24) is 5.43 Å². The third kappa shape index (κ3) is 5.59. The Morgan fingerprint density at radius 1 is 1.23 bits per heavy atom.